The Hall–Kier alpha value is -0.860. The van der Waals surface area contributed by atoms with Crippen molar-refractivity contribution >= 4 is 0 Å². The van der Waals surface area contributed by atoms with E-state index in [0.29, 0.717) is 6.04 Å². The van der Waals surface area contributed by atoms with Crippen molar-refractivity contribution in [1.29, 1.82) is 0 Å². The number of hydrogen-bond acceptors (Lipinski definition) is 2. The Morgan fingerprint density at radius 2 is 2.13 bits per heavy atom. The lowest BCUT2D eigenvalue weighted by molar-refractivity contribution is 0.0828. The molecule has 0 amide bonds. The molecule has 0 spiro atoms. The Morgan fingerprint density at radius 3 is 2.80 bits per heavy atom. The second-order valence-corrected chi connectivity index (χ2v) is 4.41. The van der Waals surface area contributed by atoms with Crippen molar-refractivity contribution in [2.75, 3.05) is 6.54 Å². The van der Waals surface area contributed by atoms with E-state index in [1.54, 1.807) is 0 Å². The average molecular weight is 205 g/mol. The van der Waals surface area contributed by atoms with Crippen molar-refractivity contribution in [3.05, 3.63) is 35.9 Å². The first-order valence-corrected chi connectivity index (χ1v) is 5.73. The third kappa shape index (κ3) is 2.58. The fraction of sp³-hybridized carbons (Fsp3) is 0.538. The minimum Gasteiger partial charge on any atom is -0.392 e. The molecule has 0 aliphatic carbocycles. The molecule has 1 aromatic rings. The average Bonchev–Trinajstić information content (AvgIpc) is 2.67. The van der Waals surface area contributed by atoms with Crippen LogP contribution in [0.25, 0.3) is 0 Å². The molecule has 0 aromatic heterocycles. The number of rotatable bonds is 3. The van der Waals surface area contributed by atoms with E-state index in [2.05, 4.69) is 29.2 Å². The molecular weight excluding hydrogens is 186 g/mol. The Labute approximate surface area is 91.5 Å². The molecule has 82 valence electrons. The van der Waals surface area contributed by atoms with E-state index in [0.717, 1.165) is 19.5 Å². The molecule has 1 saturated heterocycles. The van der Waals surface area contributed by atoms with Crippen LogP contribution in [0.5, 0.6) is 0 Å². The van der Waals surface area contributed by atoms with Crippen LogP contribution in [-0.2, 0) is 6.54 Å². The van der Waals surface area contributed by atoms with Crippen molar-refractivity contribution in [3.63, 3.8) is 0 Å². The third-order valence-corrected chi connectivity index (χ3v) is 3.20. The largest absolute Gasteiger partial charge is 0.392 e. The molecule has 2 atom stereocenters. The molecule has 1 aliphatic rings. The van der Waals surface area contributed by atoms with Crippen molar-refractivity contribution in [1.82, 2.24) is 4.90 Å². The molecule has 0 saturated carbocycles. The van der Waals surface area contributed by atoms with Gasteiger partial charge >= 0.3 is 0 Å². The van der Waals surface area contributed by atoms with Crippen LogP contribution in [0.3, 0.4) is 0 Å². The molecule has 1 aliphatic heterocycles. The number of nitrogens with zero attached hydrogens (tertiary/aromatic N) is 1. The molecule has 2 nitrogen and oxygen atoms in total. The van der Waals surface area contributed by atoms with Gasteiger partial charge in [-0.1, -0.05) is 30.3 Å². The maximum absolute atomic E-state index is 9.66. The standard InChI is InChI=1S/C13H19NO/c1-11(15)13-8-5-9-14(13)10-12-6-3-2-4-7-12/h2-4,6-7,11,13,15H,5,8-10H2,1H3/t11-,13+/m1/s1. The Balaban J connectivity index is 2.00. The highest BCUT2D eigenvalue weighted by atomic mass is 16.3. The first-order valence-electron chi connectivity index (χ1n) is 5.73. The van der Waals surface area contributed by atoms with E-state index < -0.39 is 0 Å². The van der Waals surface area contributed by atoms with Crippen molar-refractivity contribution in [3.8, 4) is 0 Å². The summed E-state index contributed by atoms with van der Waals surface area (Å²) in [5.74, 6) is 0. The monoisotopic (exact) mass is 205 g/mol. The van der Waals surface area contributed by atoms with Gasteiger partial charge in [-0.3, -0.25) is 4.90 Å². The summed E-state index contributed by atoms with van der Waals surface area (Å²) in [4.78, 5) is 2.39. The van der Waals surface area contributed by atoms with E-state index in [9.17, 15) is 5.11 Å². The highest BCUT2D eigenvalue weighted by Crippen LogP contribution is 2.22. The van der Waals surface area contributed by atoms with Crippen molar-refractivity contribution < 1.29 is 5.11 Å². The van der Waals surface area contributed by atoms with E-state index in [-0.39, 0.29) is 6.10 Å². The predicted octanol–water partition coefficient (Wildman–Crippen LogP) is 2.03. The summed E-state index contributed by atoms with van der Waals surface area (Å²) in [6.45, 7) is 3.98. The second kappa shape index (κ2) is 4.77. The number of likely N-dealkylation sites (tertiary alicyclic amines) is 1. The van der Waals surface area contributed by atoms with Crippen LogP contribution >= 0.6 is 0 Å². The lowest BCUT2D eigenvalue weighted by Gasteiger charge is -2.26. The van der Waals surface area contributed by atoms with E-state index in [1.807, 2.05) is 13.0 Å². The van der Waals surface area contributed by atoms with Crippen LogP contribution in [0.15, 0.2) is 30.3 Å². The Morgan fingerprint density at radius 1 is 1.40 bits per heavy atom. The number of hydrogen-bond donors (Lipinski definition) is 1. The van der Waals surface area contributed by atoms with E-state index in [1.165, 1.54) is 12.0 Å². The lowest BCUT2D eigenvalue weighted by Crippen LogP contribution is -2.36. The van der Waals surface area contributed by atoms with Crippen molar-refractivity contribution in [2.24, 2.45) is 0 Å². The molecule has 0 radical (unpaired) electrons. The summed E-state index contributed by atoms with van der Waals surface area (Å²) < 4.78 is 0. The van der Waals surface area contributed by atoms with Gasteiger partial charge in [0, 0.05) is 12.6 Å². The van der Waals surface area contributed by atoms with Gasteiger partial charge in [0.05, 0.1) is 6.10 Å². The van der Waals surface area contributed by atoms with Gasteiger partial charge in [0.25, 0.3) is 0 Å². The predicted molar refractivity (Wildman–Crippen MR) is 61.6 cm³/mol. The van der Waals surface area contributed by atoms with Crippen LogP contribution in [0.4, 0.5) is 0 Å². The lowest BCUT2D eigenvalue weighted by atomic mass is 10.1. The Bertz CT molecular complexity index is 297. The topological polar surface area (TPSA) is 23.5 Å². The smallest absolute Gasteiger partial charge is 0.0667 e. The molecule has 15 heavy (non-hydrogen) atoms. The second-order valence-electron chi connectivity index (χ2n) is 4.41. The number of aliphatic hydroxyl groups is 1. The maximum atomic E-state index is 9.66. The van der Waals surface area contributed by atoms with Gasteiger partial charge in [-0.2, -0.15) is 0 Å². The SMILES string of the molecule is C[C@@H](O)[C@@H]1CCCN1Cc1ccccc1. The third-order valence-electron chi connectivity index (χ3n) is 3.20. The molecule has 0 unspecified atom stereocenters. The van der Waals surface area contributed by atoms with Crippen LogP contribution in [-0.4, -0.2) is 28.7 Å². The molecule has 1 heterocycles. The Kier molecular flexibility index (Phi) is 3.39. The number of benzene rings is 1. The fourth-order valence-corrected chi connectivity index (χ4v) is 2.41. The summed E-state index contributed by atoms with van der Waals surface area (Å²) in [7, 11) is 0. The highest BCUT2D eigenvalue weighted by molar-refractivity contribution is 5.14. The first kappa shape index (κ1) is 10.7. The summed E-state index contributed by atoms with van der Waals surface area (Å²) in [5.41, 5.74) is 1.34. The molecule has 1 fully saturated rings. The van der Waals surface area contributed by atoms with Crippen molar-refractivity contribution in [2.45, 2.75) is 38.5 Å². The number of aliphatic hydroxyl groups excluding tert-OH is 1. The van der Waals surface area contributed by atoms with Gasteiger partial charge < -0.3 is 5.11 Å². The minimum atomic E-state index is -0.212. The van der Waals surface area contributed by atoms with E-state index >= 15 is 0 Å². The molecule has 2 rings (SSSR count). The van der Waals surface area contributed by atoms with Gasteiger partial charge in [0.1, 0.15) is 0 Å². The van der Waals surface area contributed by atoms with Crippen LogP contribution in [0.1, 0.15) is 25.3 Å². The quantitative estimate of drug-likeness (QED) is 0.816. The minimum absolute atomic E-state index is 0.212. The van der Waals surface area contributed by atoms with E-state index in [4.69, 9.17) is 0 Å². The zero-order valence-electron chi connectivity index (χ0n) is 9.26. The fourth-order valence-electron chi connectivity index (χ4n) is 2.41. The summed E-state index contributed by atoms with van der Waals surface area (Å²) in [5, 5.41) is 9.66. The first-order chi connectivity index (χ1) is 7.27. The normalized spacial score (nSPS) is 24.3. The molecule has 0 bridgehead atoms. The van der Waals surface area contributed by atoms with Gasteiger partial charge in [-0.15, -0.1) is 0 Å². The van der Waals surface area contributed by atoms with Gasteiger partial charge in [-0.05, 0) is 31.9 Å². The van der Waals surface area contributed by atoms with Gasteiger partial charge in [-0.25, -0.2) is 0 Å². The molecule has 1 aromatic carbocycles. The van der Waals surface area contributed by atoms with Crippen LogP contribution in [0.2, 0.25) is 0 Å². The van der Waals surface area contributed by atoms with Gasteiger partial charge in [0.15, 0.2) is 0 Å². The molecule has 1 N–H and O–H groups in total. The van der Waals surface area contributed by atoms with Gasteiger partial charge in [0.2, 0.25) is 0 Å². The molecule has 2 heteroatoms. The zero-order chi connectivity index (χ0) is 10.7. The summed E-state index contributed by atoms with van der Waals surface area (Å²) in [6, 6.07) is 10.8. The highest BCUT2D eigenvalue weighted by Gasteiger charge is 2.27. The van der Waals surface area contributed by atoms with Crippen LogP contribution < -0.4 is 0 Å². The zero-order valence-corrected chi connectivity index (χ0v) is 9.26. The summed E-state index contributed by atoms with van der Waals surface area (Å²) in [6.07, 6.45) is 2.13. The summed E-state index contributed by atoms with van der Waals surface area (Å²) >= 11 is 0. The van der Waals surface area contributed by atoms with Crippen LogP contribution in [0, 0.1) is 0 Å². The molecular formula is C13H19NO. The maximum Gasteiger partial charge on any atom is 0.0667 e.